The number of hydrogen-bond donors (Lipinski definition) is 1. The second kappa shape index (κ2) is 8.22. The van der Waals surface area contributed by atoms with Gasteiger partial charge in [-0.15, -0.1) is 0 Å². The predicted molar refractivity (Wildman–Crippen MR) is 136 cm³/mol. The molecule has 1 aromatic carbocycles. The van der Waals surface area contributed by atoms with Crippen LogP contribution in [0.4, 0.5) is 5.69 Å². The lowest BCUT2D eigenvalue weighted by atomic mass is 9.65. The lowest BCUT2D eigenvalue weighted by Crippen LogP contribution is -2.38. The first kappa shape index (κ1) is 25.0. The van der Waals surface area contributed by atoms with Crippen LogP contribution in [-0.4, -0.2) is 59.8 Å². The molecule has 1 saturated heterocycles. The van der Waals surface area contributed by atoms with Crippen molar-refractivity contribution in [2.75, 3.05) is 25.4 Å². The zero-order chi connectivity index (χ0) is 25.2. The summed E-state index contributed by atoms with van der Waals surface area (Å²) in [6, 6.07) is 3.60. The van der Waals surface area contributed by atoms with Crippen molar-refractivity contribution in [1.29, 1.82) is 0 Å². The number of anilines is 1. The number of carbonyl (C=O) groups is 1. The van der Waals surface area contributed by atoms with Gasteiger partial charge in [-0.3, -0.25) is 9.52 Å². The number of aryl methyl sites for hydroxylation is 1. The Labute approximate surface area is 203 Å². The fourth-order valence-electron chi connectivity index (χ4n) is 6.26. The van der Waals surface area contributed by atoms with Crippen LogP contribution in [0, 0.1) is 16.7 Å². The van der Waals surface area contributed by atoms with Crippen LogP contribution in [0.3, 0.4) is 0 Å². The minimum absolute atomic E-state index is 0.0403. The number of imidazole rings is 1. The van der Waals surface area contributed by atoms with Gasteiger partial charge in [-0.1, -0.05) is 34.6 Å². The first-order chi connectivity index (χ1) is 15.6. The first-order valence-corrected chi connectivity index (χ1v) is 13.6. The van der Waals surface area contributed by atoms with Crippen LogP contribution in [0.2, 0.25) is 0 Å². The van der Waals surface area contributed by atoms with Crippen molar-refractivity contribution < 1.29 is 13.2 Å². The highest BCUT2D eigenvalue weighted by atomic mass is 32.2. The number of likely N-dealkylation sites (tertiary alicyclic amines) is 1. The third-order valence-electron chi connectivity index (χ3n) is 7.29. The van der Waals surface area contributed by atoms with E-state index in [4.69, 9.17) is 4.98 Å². The molecule has 1 aromatic heterocycles. The van der Waals surface area contributed by atoms with Crippen molar-refractivity contribution in [1.82, 2.24) is 18.8 Å². The second-order valence-corrected chi connectivity index (χ2v) is 14.0. The Morgan fingerprint density at radius 1 is 1.24 bits per heavy atom. The molecule has 1 amide bonds. The third-order valence-corrected chi connectivity index (χ3v) is 8.74. The van der Waals surface area contributed by atoms with Gasteiger partial charge in [-0.2, -0.15) is 12.7 Å². The zero-order valence-corrected chi connectivity index (χ0v) is 22.6. The fourth-order valence-corrected chi connectivity index (χ4v) is 6.86. The normalized spacial score (nSPS) is 24.4. The molecule has 0 radical (unpaired) electrons. The van der Waals surface area contributed by atoms with Gasteiger partial charge in [-0.25, -0.2) is 4.98 Å². The fraction of sp³-hybridized carbons (Fsp3) is 0.680. The molecular formula is C25H39N5O3S. The SMILES string of the molecule is CC(C)Cc1nc2cc(NS(=O)(=O)N(C)C)cc(C(=O)N3C[C@@]4(C)C[C@@H]3CC(C)(C)C4)c2n1C. The topological polar surface area (TPSA) is 87.5 Å². The van der Waals surface area contributed by atoms with Gasteiger partial charge in [0.15, 0.2) is 0 Å². The van der Waals surface area contributed by atoms with Crippen LogP contribution >= 0.6 is 0 Å². The second-order valence-electron chi connectivity index (χ2n) is 12.1. The number of nitrogens with one attached hydrogen (secondary N) is 1. The van der Waals surface area contributed by atoms with Crippen molar-refractivity contribution in [3.8, 4) is 0 Å². The van der Waals surface area contributed by atoms with E-state index >= 15 is 0 Å². The van der Waals surface area contributed by atoms with E-state index in [1.54, 1.807) is 12.1 Å². The van der Waals surface area contributed by atoms with Crippen LogP contribution < -0.4 is 4.72 Å². The maximum Gasteiger partial charge on any atom is 0.301 e. The largest absolute Gasteiger partial charge is 0.335 e. The number of carbonyl (C=O) groups excluding carboxylic acids is 1. The number of amides is 1. The van der Waals surface area contributed by atoms with E-state index in [0.29, 0.717) is 22.7 Å². The quantitative estimate of drug-likeness (QED) is 0.664. The zero-order valence-electron chi connectivity index (χ0n) is 21.8. The molecule has 2 fully saturated rings. The molecular weight excluding hydrogens is 450 g/mol. The van der Waals surface area contributed by atoms with E-state index in [9.17, 15) is 13.2 Å². The van der Waals surface area contributed by atoms with Gasteiger partial charge in [0, 0.05) is 40.2 Å². The smallest absolute Gasteiger partial charge is 0.301 e. The maximum absolute atomic E-state index is 14.1. The van der Waals surface area contributed by atoms with Gasteiger partial charge in [-0.05, 0) is 48.1 Å². The summed E-state index contributed by atoms with van der Waals surface area (Å²) < 4.78 is 30.8. The Bertz CT molecular complexity index is 1230. The summed E-state index contributed by atoms with van der Waals surface area (Å²) in [6.07, 6.45) is 3.87. The summed E-state index contributed by atoms with van der Waals surface area (Å²) in [6.45, 7) is 11.9. The van der Waals surface area contributed by atoms with Crippen LogP contribution in [0.5, 0.6) is 0 Å². The van der Waals surface area contributed by atoms with E-state index in [1.807, 2.05) is 16.5 Å². The molecule has 34 heavy (non-hydrogen) atoms. The number of aromatic nitrogens is 2. The first-order valence-electron chi connectivity index (χ1n) is 12.1. The molecule has 2 aliphatic rings. The molecule has 0 spiro atoms. The monoisotopic (exact) mass is 489 g/mol. The molecule has 8 nitrogen and oxygen atoms in total. The van der Waals surface area contributed by atoms with Crippen molar-refractivity contribution in [2.24, 2.45) is 23.8 Å². The van der Waals surface area contributed by atoms with Crippen LogP contribution in [0.25, 0.3) is 11.0 Å². The summed E-state index contributed by atoms with van der Waals surface area (Å²) in [5, 5.41) is 0. The van der Waals surface area contributed by atoms with Crippen LogP contribution in [-0.2, 0) is 23.7 Å². The molecule has 4 rings (SSSR count). The molecule has 2 atom stereocenters. The van der Waals surface area contributed by atoms with Crippen molar-refractivity contribution in [3.63, 3.8) is 0 Å². The van der Waals surface area contributed by atoms with E-state index in [1.165, 1.54) is 14.1 Å². The average Bonchev–Trinajstić information content (AvgIpc) is 3.11. The highest BCUT2D eigenvalue weighted by Gasteiger charge is 2.51. The molecule has 2 bridgehead atoms. The molecule has 2 aromatic rings. The Hall–Kier alpha value is -2.13. The lowest BCUT2D eigenvalue weighted by Gasteiger charge is -2.39. The van der Waals surface area contributed by atoms with Crippen molar-refractivity contribution >= 4 is 32.8 Å². The standard InChI is InChI=1S/C25H39N5O3S/c1-16(2)9-21-26-20-11-17(27-34(32,33)28(6)7)10-19(22(20)29(21)8)23(31)30-15-25(5)13-18(30)12-24(3,4)14-25/h10-11,16,18,27H,9,12-15H2,1-8H3/t18-,25-/m0/s1. The van der Waals surface area contributed by atoms with Gasteiger partial charge < -0.3 is 9.47 Å². The summed E-state index contributed by atoms with van der Waals surface area (Å²) >= 11 is 0. The molecule has 1 saturated carbocycles. The van der Waals surface area contributed by atoms with E-state index < -0.39 is 10.2 Å². The Morgan fingerprint density at radius 3 is 2.53 bits per heavy atom. The molecule has 1 N–H and O–H groups in total. The number of hydrogen-bond acceptors (Lipinski definition) is 4. The Morgan fingerprint density at radius 2 is 1.91 bits per heavy atom. The van der Waals surface area contributed by atoms with Crippen LogP contribution in [0.15, 0.2) is 12.1 Å². The molecule has 188 valence electrons. The van der Waals surface area contributed by atoms with Crippen molar-refractivity contribution in [3.05, 3.63) is 23.5 Å². The average molecular weight is 490 g/mol. The molecule has 1 aliphatic heterocycles. The van der Waals surface area contributed by atoms with Gasteiger partial charge >= 0.3 is 10.2 Å². The van der Waals surface area contributed by atoms with E-state index in [2.05, 4.69) is 39.3 Å². The predicted octanol–water partition coefficient (Wildman–Crippen LogP) is 4.03. The minimum Gasteiger partial charge on any atom is -0.335 e. The summed E-state index contributed by atoms with van der Waals surface area (Å²) in [7, 11) is 1.17. The van der Waals surface area contributed by atoms with Crippen LogP contribution in [0.1, 0.15) is 70.1 Å². The van der Waals surface area contributed by atoms with E-state index in [-0.39, 0.29) is 22.8 Å². The van der Waals surface area contributed by atoms with Gasteiger partial charge in [0.25, 0.3) is 5.91 Å². The van der Waals surface area contributed by atoms with E-state index in [0.717, 1.165) is 47.9 Å². The number of nitrogens with zero attached hydrogens (tertiary/aromatic N) is 4. The molecule has 9 heteroatoms. The lowest BCUT2D eigenvalue weighted by molar-refractivity contribution is 0.0710. The van der Waals surface area contributed by atoms with Gasteiger partial charge in [0.2, 0.25) is 0 Å². The highest BCUT2D eigenvalue weighted by molar-refractivity contribution is 7.90. The van der Waals surface area contributed by atoms with Gasteiger partial charge in [0.05, 0.1) is 22.3 Å². The molecule has 0 unspecified atom stereocenters. The summed E-state index contributed by atoms with van der Waals surface area (Å²) in [5.74, 6) is 1.25. The minimum atomic E-state index is -3.72. The number of fused-ring (bicyclic) bond motifs is 3. The number of benzene rings is 1. The Kier molecular flexibility index (Phi) is 6.04. The van der Waals surface area contributed by atoms with Gasteiger partial charge in [0.1, 0.15) is 5.82 Å². The Balaban J connectivity index is 1.83. The summed E-state index contributed by atoms with van der Waals surface area (Å²) in [4.78, 5) is 20.9. The highest BCUT2D eigenvalue weighted by Crippen LogP contribution is 2.52. The molecule has 2 heterocycles. The number of rotatable bonds is 6. The summed E-state index contributed by atoms with van der Waals surface area (Å²) in [5.41, 5.74) is 2.57. The van der Waals surface area contributed by atoms with Crippen molar-refractivity contribution in [2.45, 2.75) is 66.3 Å². The maximum atomic E-state index is 14.1. The molecule has 1 aliphatic carbocycles. The third kappa shape index (κ3) is 4.56.